The largest absolute Gasteiger partial charge is 0.311 e. The van der Waals surface area contributed by atoms with Crippen LogP contribution in [0.5, 0.6) is 0 Å². The van der Waals surface area contributed by atoms with Crippen molar-refractivity contribution >= 4 is 34.9 Å². The van der Waals surface area contributed by atoms with Gasteiger partial charge < -0.3 is 9.88 Å². The number of nitrogens with zero attached hydrogens (tertiary/aromatic N) is 5. The summed E-state index contributed by atoms with van der Waals surface area (Å²) in [5.41, 5.74) is 1.40. The van der Waals surface area contributed by atoms with E-state index in [0.29, 0.717) is 11.5 Å². The minimum absolute atomic E-state index is 0.00263. The van der Waals surface area contributed by atoms with E-state index in [1.165, 1.54) is 10.9 Å². The van der Waals surface area contributed by atoms with Crippen LogP contribution in [0, 0.1) is 0 Å². The fourth-order valence-electron chi connectivity index (χ4n) is 2.01. The molecule has 0 atom stereocenters. The Morgan fingerprint density at radius 1 is 1.26 bits per heavy atom. The van der Waals surface area contributed by atoms with Crippen LogP contribution < -0.4 is 5.32 Å². The SMILES string of the molecule is Cn1nc(-c2ccccn2)cc1NC(=O)Cn1cnc(Cl)c1Cl. The molecular formula is C14H12Cl2N6O. The number of anilines is 1. The molecule has 1 amide bonds. The van der Waals surface area contributed by atoms with E-state index >= 15 is 0 Å². The fourth-order valence-corrected chi connectivity index (χ4v) is 2.32. The molecule has 0 fully saturated rings. The van der Waals surface area contributed by atoms with E-state index in [1.54, 1.807) is 24.0 Å². The second-order valence-corrected chi connectivity index (χ2v) is 5.47. The van der Waals surface area contributed by atoms with Crippen molar-refractivity contribution in [2.24, 2.45) is 7.05 Å². The number of imidazole rings is 1. The van der Waals surface area contributed by atoms with Crippen LogP contribution in [0.3, 0.4) is 0 Å². The Kier molecular flexibility index (Phi) is 4.31. The van der Waals surface area contributed by atoms with Gasteiger partial charge in [-0.25, -0.2) is 4.98 Å². The summed E-state index contributed by atoms with van der Waals surface area (Å²) in [7, 11) is 1.74. The van der Waals surface area contributed by atoms with E-state index in [0.717, 1.165) is 5.69 Å². The van der Waals surface area contributed by atoms with Crippen LogP contribution in [0.1, 0.15) is 0 Å². The summed E-state index contributed by atoms with van der Waals surface area (Å²) in [6.45, 7) is 0.00263. The van der Waals surface area contributed by atoms with E-state index in [4.69, 9.17) is 23.2 Å². The Hall–Kier alpha value is -2.38. The van der Waals surface area contributed by atoms with Crippen molar-refractivity contribution in [3.63, 3.8) is 0 Å². The second kappa shape index (κ2) is 6.39. The molecule has 3 aromatic rings. The zero-order valence-electron chi connectivity index (χ0n) is 12.1. The molecule has 23 heavy (non-hydrogen) atoms. The standard InChI is InChI=1S/C14H12Cl2N6O/c1-21-11(6-10(20-21)9-4-2-3-5-17-9)19-12(23)7-22-8-18-13(15)14(22)16/h2-6,8H,7H2,1H3,(H,19,23). The van der Waals surface area contributed by atoms with Crippen LogP contribution in [0.4, 0.5) is 5.82 Å². The molecule has 3 heterocycles. The summed E-state index contributed by atoms with van der Waals surface area (Å²) in [5, 5.41) is 7.49. The van der Waals surface area contributed by atoms with Gasteiger partial charge in [0.2, 0.25) is 5.91 Å². The molecule has 118 valence electrons. The summed E-state index contributed by atoms with van der Waals surface area (Å²) in [5.74, 6) is 0.287. The van der Waals surface area contributed by atoms with Gasteiger partial charge in [0.25, 0.3) is 0 Å². The van der Waals surface area contributed by atoms with Gasteiger partial charge in [0.15, 0.2) is 5.15 Å². The molecule has 1 N–H and O–H groups in total. The summed E-state index contributed by atoms with van der Waals surface area (Å²) >= 11 is 11.7. The molecular weight excluding hydrogens is 339 g/mol. The van der Waals surface area contributed by atoms with Gasteiger partial charge in [-0.1, -0.05) is 29.3 Å². The number of aryl methyl sites for hydroxylation is 1. The third-order valence-corrected chi connectivity index (χ3v) is 3.89. The van der Waals surface area contributed by atoms with E-state index in [-0.39, 0.29) is 22.8 Å². The van der Waals surface area contributed by atoms with Gasteiger partial charge >= 0.3 is 0 Å². The predicted octanol–water partition coefficient (Wildman–Crippen LogP) is 2.62. The minimum Gasteiger partial charge on any atom is -0.311 e. The van der Waals surface area contributed by atoms with Gasteiger partial charge in [-0.05, 0) is 12.1 Å². The van der Waals surface area contributed by atoms with Gasteiger partial charge in [0.05, 0.1) is 12.0 Å². The molecule has 9 heteroatoms. The van der Waals surface area contributed by atoms with E-state index in [9.17, 15) is 4.79 Å². The number of rotatable bonds is 4. The Labute approximate surface area is 141 Å². The maximum atomic E-state index is 12.1. The summed E-state index contributed by atoms with van der Waals surface area (Å²) in [6.07, 6.45) is 3.10. The highest BCUT2D eigenvalue weighted by molar-refractivity contribution is 6.40. The van der Waals surface area contributed by atoms with Crippen molar-refractivity contribution in [2.75, 3.05) is 5.32 Å². The third-order valence-electron chi connectivity index (χ3n) is 3.12. The van der Waals surface area contributed by atoms with E-state index in [1.807, 2.05) is 18.2 Å². The van der Waals surface area contributed by atoms with Crippen molar-refractivity contribution in [1.29, 1.82) is 0 Å². The van der Waals surface area contributed by atoms with Crippen molar-refractivity contribution in [3.8, 4) is 11.4 Å². The lowest BCUT2D eigenvalue weighted by molar-refractivity contribution is -0.116. The number of carbonyl (C=O) groups is 1. The number of aromatic nitrogens is 5. The molecule has 0 spiro atoms. The van der Waals surface area contributed by atoms with Gasteiger partial charge in [0, 0.05) is 19.3 Å². The second-order valence-electron chi connectivity index (χ2n) is 4.76. The van der Waals surface area contributed by atoms with Crippen LogP contribution in [0.2, 0.25) is 10.3 Å². The molecule has 0 unspecified atom stereocenters. The normalized spacial score (nSPS) is 10.7. The smallest absolute Gasteiger partial charge is 0.245 e. The molecule has 0 saturated heterocycles. The third kappa shape index (κ3) is 3.35. The van der Waals surface area contributed by atoms with Crippen LogP contribution in [0.15, 0.2) is 36.8 Å². The first-order valence-corrected chi connectivity index (χ1v) is 7.41. The summed E-state index contributed by atoms with van der Waals surface area (Å²) in [6, 6.07) is 7.30. The van der Waals surface area contributed by atoms with Gasteiger partial charge in [-0.3, -0.25) is 14.5 Å². The molecule has 0 aliphatic rings. The molecule has 0 aliphatic carbocycles. The molecule has 3 rings (SSSR count). The Morgan fingerprint density at radius 3 is 2.74 bits per heavy atom. The Morgan fingerprint density at radius 2 is 2.09 bits per heavy atom. The van der Waals surface area contributed by atoms with Gasteiger partial charge in [-0.15, -0.1) is 0 Å². The van der Waals surface area contributed by atoms with Crippen molar-refractivity contribution in [2.45, 2.75) is 6.54 Å². The van der Waals surface area contributed by atoms with Gasteiger partial charge in [-0.2, -0.15) is 5.10 Å². The highest BCUT2D eigenvalue weighted by Crippen LogP contribution is 2.21. The molecule has 0 saturated carbocycles. The molecule has 0 aliphatic heterocycles. The number of hydrogen-bond acceptors (Lipinski definition) is 4. The number of nitrogens with one attached hydrogen (secondary N) is 1. The fraction of sp³-hybridized carbons (Fsp3) is 0.143. The van der Waals surface area contributed by atoms with Crippen molar-refractivity contribution in [1.82, 2.24) is 24.3 Å². The first kappa shape index (κ1) is 15.5. The maximum Gasteiger partial charge on any atom is 0.245 e. The number of amides is 1. The number of hydrogen-bond donors (Lipinski definition) is 1. The topological polar surface area (TPSA) is 77.6 Å². The average molecular weight is 351 g/mol. The van der Waals surface area contributed by atoms with Crippen LogP contribution in [-0.4, -0.2) is 30.2 Å². The van der Waals surface area contributed by atoms with Crippen molar-refractivity contribution < 1.29 is 4.79 Å². The number of pyridine rings is 1. The minimum atomic E-state index is -0.267. The summed E-state index contributed by atoms with van der Waals surface area (Å²) in [4.78, 5) is 20.2. The Bertz CT molecular complexity index is 842. The molecule has 3 aromatic heterocycles. The van der Waals surface area contributed by atoms with Crippen LogP contribution in [0.25, 0.3) is 11.4 Å². The number of halogens is 2. The first-order chi connectivity index (χ1) is 11.0. The molecule has 0 radical (unpaired) electrons. The highest BCUT2D eigenvalue weighted by Gasteiger charge is 2.13. The van der Waals surface area contributed by atoms with Crippen molar-refractivity contribution in [3.05, 3.63) is 47.1 Å². The summed E-state index contributed by atoms with van der Waals surface area (Å²) < 4.78 is 3.03. The zero-order chi connectivity index (χ0) is 16.4. The predicted molar refractivity (Wildman–Crippen MR) is 87.3 cm³/mol. The molecule has 0 aromatic carbocycles. The first-order valence-electron chi connectivity index (χ1n) is 6.66. The lowest BCUT2D eigenvalue weighted by Gasteiger charge is -2.06. The molecule has 7 nitrogen and oxygen atoms in total. The lowest BCUT2D eigenvalue weighted by Crippen LogP contribution is -2.20. The van der Waals surface area contributed by atoms with E-state index in [2.05, 4.69) is 20.4 Å². The zero-order valence-corrected chi connectivity index (χ0v) is 13.6. The van der Waals surface area contributed by atoms with Crippen LogP contribution >= 0.6 is 23.2 Å². The average Bonchev–Trinajstić information content (AvgIpc) is 3.06. The van der Waals surface area contributed by atoms with Gasteiger partial charge in [0.1, 0.15) is 23.2 Å². The van der Waals surface area contributed by atoms with Crippen LogP contribution in [-0.2, 0) is 18.4 Å². The maximum absolute atomic E-state index is 12.1. The van der Waals surface area contributed by atoms with E-state index < -0.39 is 0 Å². The molecule has 0 bridgehead atoms. The lowest BCUT2D eigenvalue weighted by atomic mass is 10.3. The highest BCUT2D eigenvalue weighted by atomic mass is 35.5. The number of carbonyl (C=O) groups excluding carboxylic acids is 1. The monoisotopic (exact) mass is 350 g/mol. The Balaban J connectivity index is 1.74. The quantitative estimate of drug-likeness (QED) is 0.784.